The molecule has 9 heteroatoms. The highest BCUT2D eigenvalue weighted by Gasteiger charge is 2.17. The Hall–Kier alpha value is -2.42. The van der Waals surface area contributed by atoms with Gasteiger partial charge in [-0.05, 0) is 39.0 Å². The van der Waals surface area contributed by atoms with E-state index in [1.807, 2.05) is 6.07 Å². The van der Waals surface area contributed by atoms with Crippen LogP contribution >= 0.6 is 11.8 Å². The first-order valence-corrected chi connectivity index (χ1v) is 9.01. The first kappa shape index (κ1) is 19.9. The smallest absolute Gasteiger partial charge is 0.321 e. The Bertz CT molecular complexity index is 686. The number of nitrogens with one attached hydrogen (secondary N) is 2. The number of imide groups is 1. The first-order chi connectivity index (χ1) is 12.2. The molecule has 0 radical (unpaired) electrons. The molecule has 0 saturated heterocycles. The van der Waals surface area contributed by atoms with Gasteiger partial charge in [0.2, 0.25) is 0 Å². The number of benzene rings is 1. The second-order valence-electron chi connectivity index (χ2n) is 6.51. The van der Waals surface area contributed by atoms with Gasteiger partial charge in [-0.25, -0.2) is 4.79 Å². The van der Waals surface area contributed by atoms with Gasteiger partial charge in [-0.2, -0.15) is 0 Å². The van der Waals surface area contributed by atoms with Crippen LogP contribution in [0.2, 0.25) is 0 Å². The molecule has 8 nitrogen and oxygen atoms in total. The zero-order chi connectivity index (χ0) is 19.2. The van der Waals surface area contributed by atoms with Gasteiger partial charge in [0.1, 0.15) is 13.2 Å². The predicted octanol–water partition coefficient (Wildman–Crippen LogP) is 1.72. The minimum Gasteiger partial charge on any atom is -0.486 e. The molecule has 3 amide bonds. The summed E-state index contributed by atoms with van der Waals surface area (Å²) in [5.41, 5.74) is -0.471. The molecular weight excluding hydrogens is 360 g/mol. The molecule has 2 N–H and O–H groups in total. The van der Waals surface area contributed by atoms with Crippen LogP contribution in [0.25, 0.3) is 0 Å². The molecule has 1 aliphatic rings. The van der Waals surface area contributed by atoms with Crippen molar-refractivity contribution in [1.82, 2.24) is 10.6 Å². The van der Waals surface area contributed by atoms with Gasteiger partial charge in [-0.3, -0.25) is 14.9 Å². The Morgan fingerprint density at radius 2 is 1.85 bits per heavy atom. The van der Waals surface area contributed by atoms with Crippen LogP contribution in [0.3, 0.4) is 0 Å². The predicted molar refractivity (Wildman–Crippen MR) is 95.5 cm³/mol. The molecule has 2 rings (SSSR count). The molecule has 0 aromatic heterocycles. The van der Waals surface area contributed by atoms with Crippen molar-refractivity contribution in [3.05, 3.63) is 18.2 Å². The highest BCUT2D eigenvalue weighted by atomic mass is 32.2. The normalized spacial score (nSPS) is 12.9. The second kappa shape index (κ2) is 8.79. The fourth-order valence-electron chi connectivity index (χ4n) is 1.98. The summed E-state index contributed by atoms with van der Waals surface area (Å²) < 4.78 is 15.8. The number of fused-ring (bicyclic) bond motifs is 1. The summed E-state index contributed by atoms with van der Waals surface area (Å²) in [6, 6.07) is 4.75. The Balaban J connectivity index is 1.70. The van der Waals surface area contributed by atoms with Crippen molar-refractivity contribution >= 4 is 29.7 Å². The maximum Gasteiger partial charge on any atom is 0.321 e. The molecule has 0 spiro atoms. The molecule has 142 valence electrons. The molecule has 0 atom stereocenters. The van der Waals surface area contributed by atoms with E-state index in [1.165, 1.54) is 11.8 Å². The molecular formula is C17H22N2O6S. The number of amides is 3. The van der Waals surface area contributed by atoms with Crippen LogP contribution in [-0.2, 0) is 14.3 Å². The maximum absolute atomic E-state index is 11.7. The molecule has 26 heavy (non-hydrogen) atoms. The average molecular weight is 382 g/mol. The fourth-order valence-corrected chi connectivity index (χ4v) is 2.70. The van der Waals surface area contributed by atoms with Crippen LogP contribution < -0.4 is 20.1 Å². The van der Waals surface area contributed by atoms with Gasteiger partial charge >= 0.3 is 12.0 Å². The van der Waals surface area contributed by atoms with Crippen LogP contribution in [0.5, 0.6) is 11.5 Å². The van der Waals surface area contributed by atoms with Crippen molar-refractivity contribution in [2.75, 3.05) is 25.6 Å². The summed E-state index contributed by atoms with van der Waals surface area (Å²) in [7, 11) is 0. The zero-order valence-electron chi connectivity index (χ0n) is 14.9. The summed E-state index contributed by atoms with van der Waals surface area (Å²) in [5.74, 6) is 0.0918. The highest BCUT2D eigenvalue weighted by Crippen LogP contribution is 2.34. The molecule has 1 aliphatic heterocycles. The van der Waals surface area contributed by atoms with Crippen LogP contribution in [-0.4, -0.2) is 49.0 Å². The third-order valence-electron chi connectivity index (χ3n) is 2.98. The third-order valence-corrected chi connectivity index (χ3v) is 3.94. The van der Waals surface area contributed by atoms with E-state index >= 15 is 0 Å². The van der Waals surface area contributed by atoms with Crippen LogP contribution in [0.15, 0.2) is 23.1 Å². The zero-order valence-corrected chi connectivity index (χ0v) is 15.7. The molecule has 1 aromatic carbocycles. The van der Waals surface area contributed by atoms with E-state index in [0.717, 1.165) is 4.90 Å². The lowest BCUT2D eigenvalue weighted by Crippen LogP contribution is -2.49. The summed E-state index contributed by atoms with van der Waals surface area (Å²) in [5, 5.41) is 4.67. The lowest BCUT2D eigenvalue weighted by atomic mass is 10.1. The minimum absolute atomic E-state index is 0.0289. The van der Waals surface area contributed by atoms with E-state index in [2.05, 4.69) is 10.6 Å². The van der Waals surface area contributed by atoms with Gasteiger partial charge < -0.3 is 19.5 Å². The summed E-state index contributed by atoms with van der Waals surface area (Å²) in [6.07, 6.45) is 0. The van der Waals surface area contributed by atoms with Crippen molar-refractivity contribution in [2.45, 2.75) is 31.2 Å². The molecule has 0 saturated carbocycles. The SMILES string of the molecule is CC(C)(C)NC(=O)NC(=O)COC(=O)CSc1ccc2c(c1)OCCO2. The summed E-state index contributed by atoms with van der Waals surface area (Å²) >= 11 is 1.25. The molecule has 0 unspecified atom stereocenters. The standard InChI is InChI=1S/C17H22N2O6S/c1-17(2,3)19-16(22)18-14(20)9-25-15(21)10-26-11-4-5-12-13(8-11)24-7-6-23-12/h4-5,8H,6-7,9-10H2,1-3H3,(H2,18,19,20,22). The van der Waals surface area contributed by atoms with Crippen molar-refractivity contribution in [2.24, 2.45) is 0 Å². The second-order valence-corrected chi connectivity index (χ2v) is 7.56. The number of urea groups is 1. The van der Waals surface area contributed by atoms with Gasteiger partial charge in [0.05, 0.1) is 5.75 Å². The summed E-state index contributed by atoms with van der Waals surface area (Å²) in [4.78, 5) is 35.7. The Labute approximate surface area is 155 Å². The van der Waals surface area contributed by atoms with Gasteiger partial charge in [-0.1, -0.05) is 0 Å². The van der Waals surface area contributed by atoms with Gasteiger partial charge in [0, 0.05) is 10.4 Å². The number of rotatable bonds is 5. The van der Waals surface area contributed by atoms with Crippen molar-refractivity contribution < 1.29 is 28.6 Å². The average Bonchev–Trinajstić information content (AvgIpc) is 2.56. The van der Waals surface area contributed by atoms with Gasteiger partial charge in [0.25, 0.3) is 5.91 Å². The molecule has 0 bridgehead atoms. The number of carbonyl (C=O) groups excluding carboxylic acids is 3. The number of hydrogen-bond donors (Lipinski definition) is 2. The van der Waals surface area contributed by atoms with Crippen LogP contribution in [0.4, 0.5) is 4.79 Å². The van der Waals surface area contributed by atoms with Crippen LogP contribution in [0, 0.1) is 0 Å². The Kier molecular flexibility index (Phi) is 6.73. The minimum atomic E-state index is -0.690. The number of carbonyl (C=O) groups is 3. The monoisotopic (exact) mass is 382 g/mol. The van der Waals surface area contributed by atoms with E-state index in [0.29, 0.717) is 24.7 Å². The Morgan fingerprint density at radius 3 is 2.54 bits per heavy atom. The van der Waals surface area contributed by atoms with Gasteiger partial charge in [-0.15, -0.1) is 11.8 Å². The van der Waals surface area contributed by atoms with E-state index < -0.39 is 30.1 Å². The van der Waals surface area contributed by atoms with Crippen molar-refractivity contribution in [3.8, 4) is 11.5 Å². The number of hydrogen-bond acceptors (Lipinski definition) is 7. The van der Waals surface area contributed by atoms with Crippen molar-refractivity contribution in [3.63, 3.8) is 0 Å². The first-order valence-electron chi connectivity index (χ1n) is 8.03. The third kappa shape index (κ3) is 6.83. The van der Waals surface area contributed by atoms with Crippen LogP contribution in [0.1, 0.15) is 20.8 Å². The topological polar surface area (TPSA) is 103 Å². The van der Waals surface area contributed by atoms with E-state index in [-0.39, 0.29) is 5.75 Å². The lowest BCUT2D eigenvalue weighted by Gasteiger charge is -2.20. The van der Waals surface area contributed by atoms with Crippen molar-refractivity contribution in [1.29, 1.82) is 0 Å². The Morgan fingerprint density at radius 1 is 1.15 bits per heavy atom. The molecule has 1 aromatic rings. The number of esters is 1. The lowest BCUT2D eigenvalue weighted by molar-refractivity contribution is -0.145. The highest BCUT2D eigenvalue weighted by molar-refractivity contribution is 8.00. The van der Waals surface area contributed by atoms with E-state index in [1.54, 1.807) is 32.9 Å². The molecule has 1 heterocycles. The fraction of sp³-hybridized carbons (Fsp3) is 0.471. The number of thioether (sulfide) groups is 1. The molecule has 0 aliphatic carbocycles. The number of ether oxygens (including phenoxy) is 3. The van der Waals surface area contributed by atoms with E-state index in [4.69, 9.17) is 14.2 Å². The van der Waals surface area contributed by atoms with Gasteiger partial charge in [0.15, 0.2) is 18.1 Å². The largest absolute Gasteiger partial charge is 0.486 e. The maximum atomic E-state index is 11.7. The van der Waals surface area contributed by atoms with E-state index in [9.17, 15) is 14.4 Å². The summed E-state index contributed by atoms with van der Waals surface area (Å²) in [6.45, 7) is 5.84. The quantitative estimate of drug-likeness (QED) is 0.590. The molecule has 0 fully saturated rings.